The molecule has 0 amide bonds. The number of nitrogens with zero attached hydrogens (tertiary/aromatic N) is 3. The molecule has 2 N–H and O–H groups in total. The van der Waals surface area contributed by atoms with Crippen molar-refractivity contribution in [3.63, 3.8) is 0 Å². The summed E-state index contributed by atoms with van der Waals surface area (Å²) in [6.07, 6.45) is 0.988. The summed E-state index contributed by atoms with van der Waals surface area (Å²) in [5.74, 6) is -6.39. The zero-order chi connectivity index (χ0) is 11.9. The van der Waals surface area contributed by atoms with Crippen LogP contribution in [-0.4, -0.2) is 15.0 Å². The molecule has 0 fully saturated rings. The van der Waals surface area contributed by atoms with Gasteiger partial charge in [0.2, 0.25) is 0 Å². The van der Waals surface area contributed by atoms with Crippen LogP contribution in [0.1, 0.15) is 0 Å². The molecule has 0 aliphatic rings. The van der Waals surface area contributed by atoms with Gasteiger partial charge >= 0.3 is 0 Å². The number of anilines is 1. The molecule has 0 saturated heterocycles. The molecule has 4 nitrogen and oxygen atoms in total. The Balaban J connectivity index is 2.73. The predicted molar refractivity (Wildman–Crippen MR) is 45.6 cm³/mol. The summed E-state index contributed by atoms with van der Waals surface area (Å²) in [5, 5.41) is 6.71. The molecule has 2 rings (SSSR count). The van der Waals surface area contributed by atoms with Crippen molar-refractivity contribution in [3.05, 3.63) is 35.5 Å². The minimum absolute atomic E-state index is 0.0982. The summed E-state index contributed by atoms with van der Waals surface area (Å²) in [7, 11) is 0. The number of nitrogens with two attached hydrogens (primary N) is 1. The van der Waals surface area contributed by atoms with Crippen molar-refractivity contribution < 1.29 is 17.6 Å². The van der Waals surface area contributed by atoms with E-state index in [1.54, 1.807) is 0 Å². The number of nitrogen functional groups attached to an aromatic ring is 1. The van der Waals surface area contributed by atoms with Crippen molar-refractivity contribution >= 4 is 5.82 Å². The molecule has 0 atom stereocenters. The van der Waals surface area contributed by atoms with Gasteiger partial charge in [0, 0.05) is 6.07 Å². The minimum Gasteiger partial charge on any atom is -0.381 e. The Labute approximate surface area is 86.3 Å². The van der Waals surface area contributed by atoms with Crippen molar-refractivity contribution in [2.24, 2.45) is 0 Å². The zero-order valence-corrected chi connectivity index (χ0v) is 7.59. The van der Waals surface area contributed by atoms with Crippen molar-refractivity contribution in [2.75, 3.05) is 5.73 Å². The van der Waals surface area contributed by atoms with Gasteiger partial charge in [-0.2, -0.15) is 5.10 Å². The molecule has 0 unspecified atom stereocenters. The lowest BCUT2D eigenvalue weighted by atomic mass is 10.2. The molecule has 0 saturated carbocycles. The minimum atomic E-state index is -1.59. The maximum atomic E-state index is 13.2. The van der Waals surface area contributed by atoms with E-state index in [0.717, 1.165) is 6.20 Å². The summed E-state index contributed by atoms with van der Waals surface area (Å²) in [6, 6.07) is 0.0982. The highest BCUT2D eigenvalue weighted by atomic mass is 19.2. The maximum Gasteiger partial charge on any atom is 0.189 e. The summed E-state index contributed by atoms with van der Waals surface area (Å²) < 4.78 is 52.1. The van der Waals surface area contributed by atoms with Crippen molar-refractivity contribution in [1.29, 1.82) is 0 Å². The molecule has 1 heterocycles. The number of aromatic nitrogens is 3. The van der Waals surface area contributed by atoms with Crippen LogP contribution in [0.4, 0.5) is 23.4 Å². The molecule has 84 valence electrons. The number of benzene rings is 1. The number of hydrogen-bond acceptors (Lipinski definition) is 3. The van der Waals surface area contributed by atoms with Gasteiger partial charge in [-0.15, -0.1) is 9.90 Å². The summed E-state index contributed by atoms with van der Waals surface area (Å²) in [4.78, 5) is 0.381. The van der Waals surface area contributed by atoms with Gasteiger partial charge in [0.1, 0.15) is 0 Å². The maximum absolute atomic E-state index is 13.2. The Bertz CT molecular complexity index is 525. The number of rotatable bonds is 1. The van der Waals surface area contributed by atoms with E-state index < -0.39 is 29.0 Å². The lowest BCUT2D eigenvalue weighted by Gasteiger charge is -2.04. The van der Waals surface area contributed by atoms with Gasteiger partial charge in [0.05, 0.1) is 6.20 Å². The Morgan fingerprint density at radius 1 is 1.06 bits per heavy atom. The first kappa shape index (κ1) is 10.4. The SMILES string of the molecule is Nc1cnn(-c2c(F)c(F)cc(F)c2F)n1. The molecule has 1 aromatic carbocycles. The lowest BCUT2D eigenvalue weighted by molar-refractivity contribution is 0.439. The summed E-state index contributed by atoms with van der Waals surface area (Å²) in [6.45, 7) is 0. The smallest absolute Gasteiger partial charge is 0.189 e. The molecule has 0 aliphatic heterocycles. The first-order chi connectivity index (χ1) is 7.50. The van der Waals surface area contributed by atoms with E-state index in [-0.39, 0.29) is 11.9 Å². The zero-order valence-electron chi connectivity index (χ0n) is 7.59. The van der Waals surface area contributed by atoms with E-state index in [0.29, 0.717) is 4.80 Å². The van der Waals surface area contributed by atoms with Crippen LogP contribution < -0.4 is 5.73 Å². The average Bonchev–Trinajstić information content (AvgIpc) is 2.62. The number of halogens is 4. The quantitative estimate of drug-likeness (QED) is 0.597. The van der Waals surface area contributed by atoms with Crippen LogP contribution in [0.3, 0.4) is 0 Å². The summed E-state index contributed by atoms with van der Waals surface area (Å²) >= 11 is 0. The van der Waals surface area contributed by atoms with Crippen molar-refractivity contribution in [2.45, 2.75) is 0 Å². The van der Waals surface area contributed by atoms with E-state index in [2.05, 4.69) is 10.2 Å². The second-order valence-electron chi connectivity index (χ2n) is 2.88. The monoisotopic (exact) mass is 232 g/mol. The fourth-order valence-corrected chi connectivity index (χ4v) is 1.12. The van der Waals surface area contributed by atoms with Crippen LogP contribution in [0.2, 0.25) is 0 Å². The first-order valence-electron chi connectivity index (χ1n) is 4.02. The van der Waals surface area contributed by atoms with E-state index >= 15 is 0 Å². The Morgan fingerprint density at radius 3 is 2.06 bits per heavy atom. The Morgan fingerprint density at radius 2 is 1.62 bits per heavy atom. The van der Waals surface area contributed by atoms with Gasteiger partial charge in [0.25, 0.3) is 0 Å². The van der Waals surface area contributed by atoms with Crippen molar-refractivity contribution in [3.8, 4) is 5.69 Å². The van der Waals surface area contributed by atoms with Crippen LogP contribution >= 0.6 is 0 Å². The van der Waals surface area contributed by atoms with Crippen LogP contribution in [0.15, 0.2) is 12.3 Å². The van der Waals surface area contributed by atoms with Crippen molar-refractivity contribution in [1.82, 2.24) is 15.0 Å². The topological polar surface area (TPSA) is 56.7 Å². The molecule has 8 heteroatoms. The van der Waals surface area contributed by atoms with Crippen LogP contribution in [0.5, 0.6) is 0 Å². The molecule has 0 spiro atoms. The normalized spacial score (nSPS) is 10.8. The fourth-order valence-electron chi connectivity index (χ4n) is 1.12. The lowest BCUT2D eigenvalue weighted by Crippen LogP contribution is -2.09. The molecule has 0 radical (unpaired) electrons. The van der Waals surface area contributed by atoms with E-state index in [1.807, 2.05) is 0 Å². The molecular weight excluding hydrogens is 228 g/mol. The van der Waals surface area contributed by atoms with Gasteiger partial charge in [-0.3, -0.25) is 0 Å². The third-order valence-electron chi connectivity index (χ3n) is 1.80. The fraction of sp³-hybridized carbons (Fsp3) is 0. The Hall–Kier alpha value is -2.12. The van der Waals surface area contributed by atoms with Crippen LogP contribution in [-0.2, 0) is 0 Å². The van der Waals surface area contributed by atoms with Gasteiger partial charge in [-0.1, -0.05) is 0 Å². The molecule has 1 aromatic heterocycles. The van der Waals surface area contributed by atoms with Gasteiger partial charge in [0.15, 0.2) is 34.8 Å². The molecular formula is C8H4F4N4. The van der Waals surface area contributed by atoms with Crippen LogP contribution in [0, 0.1) is 23.3 Å². The first-order valence-corrected chi connectivity index (χ1v) is 4.02. The predicted octanol–water partition coefficient (Wildman–Crippen LogP) is 1.41. The molecule has 0 bridgehead atoms. The van der Waals surface area contributed by atoms with E-state index in [1.165, 1.54) is 0 Å². The van der Waals surface area contributed by atoms with Crippen LogP contribution in [0.25, 0.3) is 5.69 Å². The Kier molecular flexibility index (Phi) is 2.26. The van der Waals surface area contributed by atoms with E-state index in [9.17, 15) is 17.6 Å². The summed E-state index contributed by atoms with van der Waals surface area (Å²) in [5.41, 5.74) is 4.12. The second-order valence-corrected chi connectivity index (χ2v) is 2.88. The van der Waals surface area contributed by atoms with Gasteiger partial charge < -0.3 is 5.73 Å². The largest absolute Gasteiger partial charge is 0.381 e. The molecule has 16 heavy (non-hydrogen) atoms. The average molecular weight is 232 g/mol. The number of hydrogen-bond donors (Lipinski definition) is 1. The molecule has 2 aromatic rings. The second kappa shape index (κ2) is 3.47. The highest BCUT2D eigenvalue weighted by molar-refractivity contribution is 5.36. The third-order valence-corrected chi connectivity index (χ3v) is 1.80. The van der Waals surface area contributed by atoms with E-state index in [4.69, 9.17) is 5.73 Å². The molecule has 0 aliphatic carbocycles. The van der Waals surface area contributed by atoms with Gasteiger partial charge in [-0.25, -0.2) is 17.6 Å². The highest BCUT2D eigenvalue weighted by Gasteiger charge is 2.22. The highest BCUT2D eigenvalue weighted by Crippen LogP contribution is 2.21. The standard InChI is InChI=1S/C8H4F4N4/c9-3-1-4(10)7(12)8(6(3)11)16-14-2-5(13)15-16/h1-2H,(H2,13,15). The van der Waals surface area contributed by atoms with Gasteiger partial charge in [-0.05, 0) is 0 Å². The third kappa shape index (κ3) is 1.47.